The molecule has 1 rings (SSSR count). The van der Waals surface area contributed by atoms with Crippen LogP contribution in [0.1, 0.15) is 34.1 Å². The predicted molar refractivity (Wildman–Crippen MR) is 36.7 cm³/mol. The van der Waals surface area contributed by atoms with Gasteiger partial charge in [0.25, 0.3) is 0 Å². The lowest BCUT2D eigenvalue weighted by atomic mass is 9.93. The Kier molecular flexibility index (Phi) is 1.14. The van der Waals surface area contributed by atoms with Crippen LogP contribution in [0.3, 0.4) is 0 Å². The zero-order valence-electron chi connectivity index (χ0n) is 6.36. The maximum absolute atomic E-state index is 2.39. The van der Waals surface area contributed by atoms with Crippen molar-refractivity contribution < 1.29 is 0 Å². The van der Waals surface area contributed by atoms with E-state index >= 15 is 0 Å². The first-order valence-corrected chi connectivity index (χ1v) is 3.57. The van der Waals surface area contributed by atoms with Crippen molar-refractivity contribution in [2.45, 2.75) is 34.1 Å². The van der Waals surface area contributed by atoms with Crippen LogP contribution in [-0.4, -0.2) is 0 Å². The van der Waals surface area contributed by atoms with Gasteiger partial charge in [-0.15, -0.1) is 0 Å². The Morgan fingerprint density at radius 2 is 1.88 bits per heavy atom. The summed E-state index contributed by atoms with van der Waals surface area (Å²) in [7, 11) is 0. The monoisotopic (exact) mass is 112 g/mol. The van der Waals surface area contributed by atoms with E-state index in [2.05, 4.69) is 27.7 Å². The van der Waals surface area contributed by atoms with Gasteiger partial charge in [-0.25, -0.2) is 0 Å². The molecule has 0 amide bonds. The highest BCUT2D eigenvalue weighted by Crippen LogP contribution is 2.56. The summed E-state index contributed by atoms with van der Waals surface area (Å²) in [5.74, 6) is 1.87. The lowest BCUT2D eigenvalue weighted by Gasteiger charge is -2.13. The van der Waals surface area contributed by atoms with E-state index < -0.39 is 0 Å². The molecule has 48 valence electrons. The first kappa shape index (κ1) is 6.12. The second kappa shape index (κ2) is 1.49. The minimum absolute atomic E-state index is 0.708. The third-order valence-corrected chi connectivity index (χ3v) is 3.03. The molecule has 0 aromatic carbocycles. The van der Waals surface area contributed by atoms with Crippen LogP contribution in [0.4, 0.5) is 0 Å². The third-order valence-electron chi connectivity index (χ3n) is 3.03. The van der Waals surface area contributed by atoms with E-state index in [9.17, 15) is 0 Å². The molecule has 0 heterocycles. The van der Waals surface area contributed by atoms with Crippen molar-refractivity contribution >= 4 is 0 Å². The van der Waals surface area contributed by atoms with Crippen LogP contribution in [0.25, 0.3) is 0 Å². The van der Waals surface area contributed by atoms with E-state index in [1.807, 2.05) is 0 Å². The Bertz CT molecular complexity index is 94.2. The number of rotatable bonds is 1. The van der Waals surface area contributed by atoms with Crippen LogP contribution in [0, 0.1) is 17.3 Å². The molecule has 0 unspecified atom stereocenters. The van der Waals surface area contributed by atoms with Gasteiger partial charge in [-0.2, -0.15) is 0 Å². The van der Waals surface area contributed by atoms with Gasteiger partial charge in [-0.1, -0.05) is 27.7 Å². The van der Waals surface area contributed by atoms with Crippen molar-refractivity contribution in [2.75, 3.05) is 0 Å². The first-order valence-electron chi connectivity index (χ1n) is 3.57. The van der Waals surface area contributed by atoms with E-state index in [1.165, 1.54) is 6.42 Å². The minimum Gasteiger partial charge on any atom is -0.0622 e. The maximum atomic E-state index is 2.39. The molecule has 0 radical (unpaired) electrons. The van der Waals surface area contributed by atoms with Crippen molar-refractivity contribution in [3.8, 4) is 0 Å². The van der Waals surface area contributed by atoms with E-state index in [4.69, 9.17) is 0 Å². The summed E-state index contributed by atoms with van der Waals surface area (Å²) in [5.41, 5.74) is 0.708. The van der Waals surface area contributed by atoms with Gasteiger partial charge in [0.15, 0.2) is 0 Å². The van der Waals surface area contributed by atoms with Gasteiger partial charge in [0.05, 0.1) is 0 Å². The smallest absolute Gasteiger partial charge is 0.0274 e. The summed E-state index contributed by atoms with van der Waals surface area (Å²) in [6, 6.07) is 0. The van der Waals surface area contributed by atoms with Crippen molar-refractivity contribution in [2.24, 2.45) is 17.3 Å². The van der Waals surface area contributed by atoms with Crippen LogP contribution in [-0.2, 0) is 0 Å². The molecular formula is C8H16. The first-order chi connectivity index (χ1) is 3.57. The Labute approximate surface area is 52.3 Å². The molecule has 0 bridgehead atoms. The zero-order chi connectivity index (χ0) is 6.36. The standard InChI is InChI=1S/C8H16/c1-6(2)8(4)5-7(8)3/h6-7H,5H2,1-4H3/t7-,8+/m1/s1. The fourth-order valence-electron chi connectivity index (χ4n) is 1.41. The largest absolute Gasteiger partial charge is 0.0622 e. The minimum atomic E-state index is 0.708. The Hall–Kier alpha value is 0. The highest BCUT2D eigenvalue weighted by atomic mass is 14.5. The molecule has 0 heteroatoms. The average Bonchev–Trinajstić information content (AvgIpc) is 2.17. The molecule has 8 heavy (non-hydrogen) atoms. The molecule has 1 aliphatic rings. The quantitative estimate of drug-likeness (QED) is 0.489. The number of hydrogen-bond acceptors (Lipinski definition) is 0. The molecule has 0 spiro atoms. The van der Waals surface area contributed by atoms with Crippen molar-refractivity contribution in [3.05, 3.63) is 0 Å². The molecule has 0 aromatic rings. The van der Waals surface area contributed by atoms with Crippen molar-refractivity contribution in [1.82, 2.24) is 0 Å². The van der Waals surface area contributed by atoms with Gasteiger partial charge in [0.1, 0.15) is 0 Å². The topological polar surface area (TPSA) is 0 Å². The molecular weight excluding hydrogens is 96.1 g/mol. The summed E-state index contributed by atoms with van der Waals surface area (Å²) in [5, 5.41) is 0. The van der Waals surface area contributed by atoms with Gasteiger partial charge >= 0.3 is 0 Å². The Morgan fingerprint density at radius 1 is 1.50 bits per heavy atom. The van der Waals surface area contributed by atoms with E-state index in [-0.39, 0.29) is 0 Å². The molecule has 0 saturated heterocycles. The fraction of sp³-hybridized carbons (Fsp3) is 1.00. The average molecular weight is 112 g/mol. The summed E-state index contributed by atoms with van der Waals surface area (Å²) in [6.07, 6.45) is 1.45. The van der Waals surface area contributed by atoms with Gasteiger partial charge in [-0.3, -0.25) is 0 Å². The normalized spacial score (nSPS) is 45.4. The van der Waals surface area contributed by atoms with Gasteiger partial charge < -0.3 is 0 Å². The second-order valence-corrected chi connectivity index (χ2v) is 3.77. The lowest BCUT2D eigenvalue weighted by molar-refractivity contribution is 0.366. The fourth-order valence-corrected chi connectivity index (χ4v) is 1.41. The zero-order valence-corrected chi connectivity index (χ0v) is 6.36. The Balaban J connectivity index is 2.47. The van der Waals surface area contributed by atoms with E-state index in [0.29, 0.717) is 5.41 Å². The molecule has 0 nitrogen and oxygen atoms in total. The molecule has 2 atom stereocenters. The van der Waals surface area contributed by atoms with Crippen LogP contribution >= 0.6 is 0 Å². The van der Waals surface area contributed by atoms with Crippen LogP contribution in [0.5, 0.6) is 0 Å². The molecule has 0 aromatic heterocycles. The molecule has 1 aliphatic carbocycles. The van der Waals surface area contributed by atoms with Crippen LogP contribution < -0.4 is 0 Å². The summed E-state index contributed by atoms with van der Waals surface area (Å²) >= 11 is 0. The van der Waals surface area contributed by atoms with E-state index in [1.54, 1.807) is 0 Å². The summed E-state index contributed by atoms with van der Waals surface area (Å²) < 4.78 is 0. The van der Waals surface area contributed by atoms with Gasteiger partial charge in [0, 0.05) is 0 Å². The molecule has 1 fully saturated rings. The SMILES string of the molecule is CC(C)[C@]1(C)C[C@H]1C. The highest BCUT2D eigenvalue weighted by molar-refractivity contribution is 4.97. The summed E-state index contributed by atoms with van der Waals surface area (Å²) in [6.45, 7) is 9.38. The van der Waals surface area contributed by atoms with Gasteiger partial charge in [0.2, 0.25) is 0 Å². The predicted octanol–water partition coefficient (Wildman–Crippen LogP) is 2.69. The van der Waals surface area contributed by atoms with Crippen molar-refractivity contribution in [1.29, 1.82) is 0 Å². The van der Waals surface area contributed by atoms with Crippen molar-refractivity contribution in [3.63, 3.8) is 0 Å². The molecule has 0 N–H and O–H groups in total. The Morgan fingerprint density at radius 3 is 1.88 bits per heavy atom. The highest BCUT2D eigenvalue weighted by Gasteiger charge is 2.48. The molecule has 1 saturated carbocycles. The van der Waals surface area contributed by atoms with Gasteiger partial charge in [-0.05, 0) is 23.7 Å². The van der Waals surface area contributed by atoms with Crippen LogP contribution in [0.2, 0.25) is 0 Å². The second-order valence-electron chi connectivity index (χ2n) is 3.77. The van der Waals surface area contributed by atoms with Crippen LogP contribution in [0.15, 0.2) is 0 Å². The van der Waals surface area contributed by atoms with E-state index in [0.717, 1.165) is 11.8 Å². The maximum Gasteiger partial charge on any atom is -0.0274 e. The third kappa shape index (κ3) is 0.667. The summed E-state index contributed by atoms with van der Waals surface area (Å²) in [4.78, 5) is 0. The lowest BCUT2D eigenvalue weighted by Crippen LogP contribution is -2.05. The number of hydrogen-bond donors (Lipinski definition) is 0. The molecule has 0 aliphatic heterocycles.